The van der Waals surface area contributed by atoms with E-state index in [0.717, 1.165) is 23.0 Å². The van der Waals surface area contributed by atoms with Crippen LogP contribution < -0.4 is 5.73 Å². The number of aryl methyl sites for hydroxylation is 1. The van der Waals surface area contributed by atoms with Gasteiger partial charge in [0.15, 0.2) is 0 Å². The molecule has 4 nitrogen and oxygen atoms in total. The first-order chi connectivity index (χ1) is 8.20. The fourth-order valence-corrected chi connectivity index (χ4v) is 1.72. The zero-order valence-electron chi connectivity index (χ0n) is 9.39. The number of carbonyl (C=O) groups is 1. The lowest BCUT2D eigenvalue weighted by atomic mass is 10.1. The van der Waals surface area contributed by atoms with Crippen LogP contribution in [0.25, 0.3) is 10.9 Å². The second kappa shape index (κ2) is 4.93. The molecule has 0 bridgehead atoms. The Morgan fingerprint density at radius 3 is 2.82 bits per heavy atom. The van der Waals surface area contributed by atoms with E-state index in [2.05, 4.69) is 4.98 Å². The molecule has 0 radical (unpaired) electrons. The Morgan fingerprint density at radius 1 is 1.29 bits per heavy atom. The van der Waals surface area contributed by atoms with Gasteiger partial charge in [0, 0.05) is 23.3 Å². The fourth-order valence-electron chi connectivity index (χ4n) is 1.72. The molecular formula is C13H14N2O2. The minimum atomic E-state index is -0.434. The van der Waals surface area contributed by atoms with Crippen LogP contribution in [0.2, 0.25) is 0 Å². The molecule has 0 saturated heterocycles. The number of aromatic nitrogens is 1. The Bertz CT molecular complexity index is 552. The number of rotatable bonds is 4. The van der Waals surface area contributed by atoms with Gasteiger partial charge in [-0.1, -0.05) is 6.07 Å². The van der Waals surface area contributed by atoms with Gasteiger partial charge in [0.25, 0.3) is 0 Å². The number of nitrogens with two attached hydrogens (primary N) is 1. The number of nitrogens with zero attached hydrogens (tertiary/aromatic N) is 1. The van der Waals surface area contributed by atoms with Gasteiger partial charge < -0.3 is 10.8 Å². The molecule has 1 aromatic carbocycles. The molecule has 1 aromatic heterocycles. The first-order valence-electron chi connectivity index (χ1n) is 5.51. The molecule has 0 aliphatic rings. The first kappa shape index (κ1) is 11.5. The number of primary amides is 1. The maximum absolute atomic E-state index is 11.0. The molecule has 0 saturated carbocycles. The van der Waals surface area contributed by atoms with Gasteiger partial charge in [0.1, 0.15) is 0 Å². The molecule has 0 atom stereocenters. The highest BCUT2D eigenvalue weighted by atomic mass is 16.2. The Balaban J connectivity index is 2.36. The molecule has 17 heavy (non-hydrogen) atoms. The van der Waals surface area contributed by atoms with E-state index < -0.39 is 5.91 Å². The van der Waals surface area contributed by atoms with E-state index in [9.17, 15) is 4.79 Å². The zero-order chi connectivity index (χ0) is 12.3. The molecule has 3 N–H and O–H groups in total. The topological polar surface area (TPSA) is 76.2 Å². The molecule has 0 unspecified atom stereocenters. The highest BCUT2D eigenvalue weighted by molar-refractivity contribution is 5.96. The molecule has 1 heterocycles. The Morgan fingerprint density at radius 2 is 2.12 bits per heavy atom. The highest BCUT2D eigenvalue weighted by Gasteiger charge is 2.03. The highest BCUT2D eigenvalue weighted by Crippen LogP contribution is 2.15. The second-order valence-electron chi connectivity index (χ2n) is 3.90. The van der Waals surface area contributed by atoms with Gasteiger partial charge in [0.05, 0.1) is 5.52 Å². The van der Waals surface area contributed by atoms with Crippen molar-refractivity contribution in [2.45, 2.75) is 12.8 Å². The normalized spacial score (nSPS) is 10.6. The van der Waals surface area contributed by atoms with Crippen molar-refractivity contribution in [3.63, 3.8) is 0 Å². The monoisotopic (exact) mass is 230 g/mol. The van der Waals surface area contributed by atoms with E-state index >= 15 is 0 Å². The van der Waals surface area contributed by atoms with Gasteiger partial charge in [-0.05, 0) is 37.1 Å². The molecule has 0 aliphatic heterocycles. The number of fused-ring (bicyclic) bond motifs is 1. The summed E-state index contributed by atoms with van der Waals surface area (Å²) in [6.07, 6.45) is 1.46. The van der Waals surface area contributed by atoms with Crippen LogP contribution in [0.4, 0.5) is 0 Å². The van der Waals surface area contributed by atoms with E-state index in [1.165, 1.54) is 0 Å². The maximum Gasteiger partial charge on any atom is 0.248 e. The van der Waals surface area contributed by atoms with E-state index in [4.69, 9.17) is 10.8 Å². The average Bonchev–Trinajstić information content (AvgIpc) is 2.35. The van der Waals surface area contributed by atoms with Gasteiger partial charge >= 0.3 is 0 Å². The third-order valence-electron chi connectivity index (χ3n) is 2.62. The van der Waals surface area contributed by atoms with E-state index in [0.29, 0.717) is 12.0 Å². The van der Waals surface area contributed by atoms with Gasteiger partial charge in [-0.2, -0.15) is 0 Å². The minimum absolute atomic E-state index is 0.167. The molecule has 88 valence electrons. The lowest BCUT2D eigenvalue weighted by Gasteiger charge is -2.03. The predicted octanol–water partition coefficient (Wildman–Crippen LogP) is 1.26. The standard InChI is InChI=1S/C13H14N2O2/c14-13(17)10-4-6-12-9(8-10)3-5-11(15-12)2-1-7-16/h3-6,8,16H,1-2,7H2,(H2,14,17). The largest absolute Gasteiger partial charge is 0.396 e. The lowest BCUT2D eigenvalue weighted by molar-refractivity contribution is 0.100. The third kappa shape index (κ3) is 2.60. The number of aliphatic hydroxyl groups is 1. The van der Waals surface area contributed by atoms with Gasteiger partial charge in [-0.25, -0.2) is 0 Å². The van der Waals surface area contributed by atoms with E-state index in [1.807, 2.05) is 12.1 Å². The molecule has 0 aliphatic carbocycles. The molecular weight excluding hydrogens is 216 g/mol. The lowest BCUT2D eigenvalue weighted by Crippen LogP contribution is -2.10. The summed E-state index contributed by atoms with van der Waals surface area (Å²) in [7, 11) is 0. The second-order valence-corrected chi connectivity index (χ2v) is 3.90. The van der Waals surface area contributed by atoms with Crippen molar-refractivity contribution in [1.82, 2.24) is 4.98 Å². The minimum Gasteiger partial charge on any atom is -0.396 e. The van der Waals surface area contributed by atoms with Gasteiger partial charge in [0.2, 0.25) is 5.91 Å². The quantitative estimate of drug-likeness (QED) is 0.830. The number of hydrogen-bond donors (Lipinski definition) is 2. The van der Waals surface area contributed by atoms with E-state index in [-0.39, 0.29) is 6.61 Å². The molecule has 2 rings (SSSR count). The summed E-state index contributed by atoms with van der Waals surface area (Å²) in [5.41, 5.74) is 7.48. The SMILES string of the molecule is NC(=O)c1ccc2nc(CCCO)ccc2c1. The molecule has 1 amide bonds. The fraction of sp³-hybridized carbons (Fsp3) is 0.231. The summed E-state index contributed by atoms with van der Waals surface area (Å²) < 4.78 is 0. The van der Waals surface area contributed by atoms with Crippen LogP contribution >= 0.6 is 0 Å². The number of benzene rings is 1. The van der Waals surface area contributed by atoms with Crippen molar-refractivity contribution in [1.29, 1.82) is 0 Å². The van der Waals surface area contributed by atoms with Crippen molar-refractivity contribution < 1.29 is 9.90 Å². The van der Waals surface area contributed by atoms with Crippen LogP contribution in [0.5, 0.6) is 0 Å². The zero-order valence-corrected chi connectivity index (χ0v) is 9.39. The van der Waals surface area contributed by atoms with Crippen molar-refractivity contribution in [2.24, 2.45) is 5.73 Å². The van der Waals surface area contributed by atoms with Crippen molar-refractivity contribution in [2.75, 3.05) is 6.61 Å². The predicted molar refractivity (Wildman–Crippen MR) is 65.7 cm³/mol. The summed E-state index contributed by atoms with van der Waals surface area (Å²) in [6, 6.07) is 9.02. The molecule has 0 spiro atoms. The van der Waals surface area contributed by atoms with Gasteiger partial charge in [-0.15, -0.1) is 0 Å². The number of carbonyl (C=O) groups excluding carboxylic acids is 1. The summed E-state index contributed by atoms with van der Waals surface area (Å²) in [6.45, 7) is 0.167. The summed E-state index contributed by atoms with van der Waals surface area (Å²) >= 11 is 0. The molecule has 0 fully saturated rings. The third-order valence-corrected chi connectivity index (χ3v) is 2.62. The number of aliphatic hydroxyl groups excluding tert-OH is 1. The van der Waals surface area contributed by atoms with Crippen molar-refractivity contribution in [3.8, 4) is 0 Å². The van der Waals surface area contributed by atoms with E-state index in [1.54, 1.807) is 18.2 Å². The average molecular weight is 230 g/mol. The number of pyridine rings is 1. The van der Waals surface area contributed by atoms with Crippen LogP contribution in [-0.2, 0) is 6.42 Å². The van der Waals surface area contributed by atoms with Crippen LogP contribution in [-0.4, -0.2) is 22.6 Å². The Kier molecular flexibility index (Phi) is 3.35. The Hall–Kier alpha value is -1.94. The van der Waals surface area contributed by atoms with Crippen LogP contribution in [0.15, 0.2) is 30.3 Å². The molecule has 2 aromatic rings. The summed E-state index contributed by atoms with van der Waals surface area (Å²) in [5, 5.41) is 9.66. The van der Waals surface area contributed by atoms with Crippen molar-refractivity contribution >= 4 is 16.8 Å². The first-order valence-corrected chi connectivity index (χ1v) is 5.51. The van der Waals surface area contributed by atoms with Crippen molar-refractivity contribution in [3.05, 3.63) is 41.6 Å². The number of hydrogen-bond acceptors (Lipinski definition) is 3. The van der Waals surface area contributed by atoms with Crippen LogP contribution in [0, 0.1) is 0 Å². The number of amides is 1. The van der Waals surface area contributed by atoms with Gasteiger partial charge in [-0.3, -0.25) is 9.78 Å². The Labute approximate surface area is 99.1 Å². The molecule has 4 heteroatoms. The summed E-state index contributed by atoms with van der Waals surface area (Å²) in [4.78, 5) is 15.5. The van der Waals surface area contributed by atoms with Crippen LogP contribution in [0.3, 0.4) is 0 Å². The van der Waals surface area contributed by atoms with Crippen LogP contribution in [0.1, 0.15) is 22.5 Å². The maximum atomic E-state index is 11.0. The summed E-state index contributed by atoms with van der Waals surface area (Å²) in [5.74, 6) is -0.434. The smallest absolute Gasteiger partial charge is 0.248 e.